The predicted octanol–water partition coefficient (Wildman–Crippen LogP) is 4.10. The van der Waals surface area contributed by atoms with E-state index in [-0.39, 0.29) is 28.2 Å². The van der Waals surface area contributed by atoms with E-state index in [0.717, 1.165) is 10.7 Å². The summed E-state index contributed by atoms with van der Waals surface area (Å²) in [5.74, 6) is -0.398. The number of rotatable bonds is 7. The van der Waals surface area contributed by atoms with Crippen LogP contribution in [-0.2, 0) is 14.8 Å². The third-order valence-electron chi connectivity index (χ3n) is 3.83. The Bertz CT molecular complexity index is 873. The van der Waals surface area contributed by atoms with Gasteiger partial charge >= 0.3 is 0 Å². The molecule has 0 fully saturated rings. The lowest BCUT2D eigenvalue weighted by molar-refractivity contribution is -0.120. The van der Waals surface area contributed by atoms with E-state index < -0.39 is 15.9 Å². The molecule has 0 aliphatic carbocycles. The van der Waals surface area contributed by atoms with E-state index in [1.807, 2.05) is 13.8 Å². The normalized spacial score (nSPS) is 12.5. The third kappa shape index (κ3) is 4.90. The molecule has 0 spiro atoms. The molecule has 26 heavy (non-hydrogen) atoms. The lowest BCUT2D eigenvalue weighted by Crippen LogP contribution is -2.43. The maximum absolute atomic E-state index is 13.1. The average Bonchev–Trinajstić information content (AvgIpc) is 2.62. The van der Waals surface area contributed by atoms with Gasteiger partial charge in [0.15, 0.2) is 0 Å². The van der Waals surface area contributed by atoms with E-state index in [4.69, 9.17) is 23.2 Å². The standard InChI is InChI=1S/C18H20Cl2N2O3S/c1-3-13(2)21-18(23)12-22(14-9-10-16(19)17(20)11-14)26(24,25)15-7-5-4-6-8-15/h4-11,13H,3,12H2,1-2H3,(H,21,23). The molecule has 0 saturated heterocycles. The number of carbonyl (C=O) groups is 1. The van der Waals surface area contributed by atoms with E-state index in [1.165, 1.54) is 30.3 Å². The second-order valence-corrected chi connectivity index (χ2v) is 8.48. The molecule has 2 aromatic rings. The van der Waals surface area contributed by atoms with E-state index in [1.54, 1.807) is 18.2 Å². The van der Waals surface area contributed by atoms with Gasteiger partial charge in [0.05, 0.1) is 20.6 Å². The minimum Gasteiger partial charge on any atom is -0.352 e. The van der Waals surface area contributed by atoms with Crippen LogP contribution < -0.4 is 9.62 Å². The quantitative estimate of drug-likeness (QED) is 0.741. The van der Waals surface area contributed by atoms with Crippen LogP contribution in [0.4, 0.5) is 5.69 Å². The number of hydrogen-bond donors (Lipinski definition) is 1. The summed E-state index contributed by atoms with van der Waals surface area (Å²) in [5, 5.41) is 3.29. The van der Waals surface area contributed by atoms with Gasteiger partial charge in [-0.2, -0.15) is 0 Å². The second kappa shape index (κ2) is 8.75. The molecule has 140 valence electrons. The summed E-state index contributed by atoms with van der Waals surface area (Å²) in [6.07, 6.45) is 0.740. The van der Waals surface area contributed by atoms with Crippen molar-refractivity contribution in [2.75, 3.05) is 10.8 Å². The van der Waals surface area contributed by atoms with Crippen LogP contribution in [0.15, 0.2) is 53.4 Å². The first-order valence-corrected chi connectivity index (χ1v) is 10.3. The van der Waals surface area contributed by atoms with E-state index in [9.17, 15) is 13.2 Å². The van der Waals surface area contributed by atoms with Gasteiger partial charge in [0.1, 0.15) is 6.54 Å². The summed E-state index contributed by atoms with van der Waals surface area (Å²) in [6, 6.07) is 12.3. The van der Waals surface area contributed by atoms with Crippen molar-refractivity contribution in [2.45, 2.75) is 31.2 Å². The number of sulfonamides is 1. The molecule has 0 saturated carbocycles. The number of nitrogens with zero attached hydrogens (tertiary/aromatic N) is 1. The molecule has 1 amide bonds. The van der Waals surface area contributed by atoms with Crippen molar-refractivity contribution in [1.82, 2.24) is 5.32 Å². The van der Waals surface area contributed by atoms with Gasteiger partial charge in [-0.05, 0) is 43.7 Å². The Kier molecular flexibility index (Phi) is 6.92. The zero-order valence-corrected chi connectivity index (χ0v) is 16.8. The van der Waals surface area contributed by atoms with Crippen molar-refractivity contribution in [1.29, 1.82) is 0 Å². The molecule has 2 aromatic carbocycles. The van der Waals surface area contributed by atoms with Crippen LogP contribution in [0.2, 0.25) is 10.0 Å². The number of hydrogen-bond acceptors (Lipinski definition) is 3. The maximum Gasteiger partial charge on any atom is 0.264 e. The zero-order chi connectivity index (χ0) is 19.3. The van der Waals surface area contributed by atoms with Crippen molar-refractivity contribution in [3.05, 3.63) is 58.6 Å². The first kappa shape index (κ1) is 20.6. The Morgan fingerprint density at radius 2 is 1.77 bits per heavy atom. The minimum absolute atomic E-state index is 0.0578. The molecule has 0 aliphatic rings. The second-order valence-electron chi connectivity index (χ2n) is 5.80. The lowest BCUT2D eigenvalue weighted by Gasteiger charge is -2.25. The van der Waals surface area contributed by atoms with Gasteiger partial charge in [0.2, 0.25) is 5.91 Å². The monoisotopic (exact) mass is 414 g/mol. The van der Waals surface area contributed by atoms with Crippen LogP contribution in [0.25, 0.3) is 0 Å². The highest BCUT2D eigenvalue weighted by atomic mass is 35.5. The summed E-state index contributed by atoms with van der Waals surface area (Å²) < 4.78 is 27.2. The highest BCUT2D eigenvalue weighted by molar-refractivity contribution is 7.92. The molecule has 5 nitrogen and oxygen atoms in total. The number of amides is 1. The fourth-order valence-electron chi connectivity index (χ4n) is 2.23. The number of benzene rings is 2. The molecule has 2 rings (SSSR count). The Morgan fingerprint density at radius 1 is 1.12 bits per heavy atom. The molecule has 0 aliphatic heterocycles. The van der Waals surface area contributed by atoms with Gasteiger partial charge in [-0.1, -0.05) is 48.3 Å². The molecule has 1 N–H and O–H groups in total. The van der Waals surface area contributed by atoms with Crippen LogP contribution >= 0.6 is 23.2 Å². The van der Waals surface area contributed by atoms with Gasteiger partial charge in [-0.25, -0.2) is 8.42 Å². The number of anilines is 1. The highest BCUT2D eigenvalue weighted by Crippen LogP contribution is 2.30. The Labute approximate surface area is 164 Å². The Morgan fingerprint density at radius 3 is 2.35 bits per heavy atom. The van der Waals surface area contributed by atoms with E-state index >= 15 is 0 Å². The van der Waals surface area contributed by atoms with Crippen molar-refractivity contribution < 1.29 is 13.2 Å². The molecule has 8 heteroatoms. The smallest absolute Gasteiger partial charge is 0.264 e. The number of halogens is 2. The van der Waals surface area contributed by atoms with Crippen LogP contribution in [0.3, 0.4) is 0 Å². The maximum atomic E-state index is 13.1. The number of nitrogens with one attached hydrogen (secondary N) is 1. The fraction of sp³-hybridized carbons (Fsp3) is 0.278. The van der Waals surface area contributed by atoms with Gasteiger partial charge in [-0.3, -0.25) is 9.10 Å². The van der Waals surface area contributed by atoms with Crippen LogP contribution in [0.5, 0.6) is 0 Å². The fourth-order valence-corrected chi connectivity index (χ4v) is 3.95. The van der Waals surface area contributed by atoms with E-state index in [2.05, 4.69) is 5.32 Å². The first-order chi connectivity index (χ1) is 12.3. The topological polar surface area (TPSA) is 66.5 Å². The Balaban J connectivity index is 2.44. The first-order valence-electron chi connectivity index (χ1n) is 8.08. The predicted molar refractivity (Wildman–Crippen MR) is 105 cm³/mol. The molecule has 0 heterocycles. The molecule has 1 atom stereocenters. The van der Waals surface area contributed by atoms with Crippen LogP contribution in [-0.4, -0.2) is 26.9 Å². The van der Waals surface area contributed by atoms with Gasteiger partial charge in [-0.15, -0.1) is 0 Å². The van der Waals surface area contributed by atoms with Crippen molar-refractivity contribution in [3.8, 4) is 0 Å². The summed E-state index contributed by atoms with van der Waals surface area (Å²) >= 11 is 12.0. The van der Waals surface area contributed by atoms with Gasteiger partial charge in [0, 0.05) is 6.04 Å². The highest BCUT2D eigenvalue weighted by Gasteiger charge is 2.27. The number of carbonyl (C=O) groups excluding carboxylic acids is 1. The summed E-state index contributed by atoms with van der Waals surface area (Å²) in [4.78, 5) is 12.4. The minimum atomic E-state index is -3.95. The molecular weight excluding hydrogens is 395 g/mol. The third-order valence-corrected chi connectivity index (χ3v) is 6.36. The van der Waals surface area contributed by atoms with E-state index in [0.29, 0.717) is 5.02 Å². The van der Waals surface area contributed by atoms with Crippen LogP contribution in [0.1, 0.15) is 20.3 Å². The molecule has 1 unspecified atom stereocenters. The summed E-state index contributed by atoms with van der Waals surface area (Å²) in [7, 11) is -3.95. The molecule has 0 radical (unpaired) electrons. The van der Waals surface area contributed by atoms with Crippen molar-refractivity contribution >= 4 is 44.8 Å². The van der Waals surface area contributed by atoms with Crippen molar-refractivity contribution in [2.24, 2.45) is 0 Å². The average molecular weight is 415 g/mol. The van der Waals surface area contributed by atoms with Crippen LogP contribution in [0, 0.1) is 0 Å². The lowest BCUT2D eigenvalue weighted by atomic mass is 10.2. The molecule has 0 aromatic heterocycles. The zero-order valence-electron chi connectivity index (χ0n) is 14.4. The van der Waals surface area contributed by atoms with Gasteiger partial charge in [0.25, 0.3) is 10.0 Å². The summed E-state index contributed by atoms with van der Waals surface area (Å²) in [5.41, 5.74) is 0.266. The molecular formula is C18H20Cl2N2O3S. The largest absolute Gasteiger partial charge is 0.352 e. The Hall–Kier alpha value is -1.76. The van der Waals surface area contributed by atoms with Gasteiger partial charge < -0.3 is 5.32 Å². The SMILES string of the molecule is CCC(C)NC(=O)CN(c1ccc(Cl)c(Cl)c1)S(=O)(=O)c1ccccc1. The van der Waals surface area contributed by atoms with Crippen molar-refractivity contribution in [3.63, 3.8) is 0 Å². The molecule has 0 bridgehead atoms. The summed E-state index contributed by atoms with van der Waals surface area (Å²) in [6.45, 7) is 3.43.